The van der Waals surface area contributed by atoms with E-state index in [-0.39, 0.29) is 0 Å². The van der Waals surface area contributed by atoms with Gasteiger partial charge < -0.3 is 0 Å². The predicted molar refractivity (Wildman–Crippen MR) is 69.7 cm³/mol. The minimum Gasteiger partial charge on any atom is -0.134 e. The maximum absolute atomic E-state index is 2.23. The molecule has 0 saturated heterocycles. The zero-order valence-electron chi connectivity index (χ0n) is 10.1. The summed E-state index contributed by atoms with van der Waals surface area (Å²) in [5.74, 6) is 0. The minimum atomic E-state index is 1.20. The molecule has 0 unspecified atom stereocenters. The van der Waals surface area contributed by atoms with Gasteiger partial charge in [-0.25, -0.2) is 0 Å². The number of hydrogen-bond acceptors (Lipinski definition) is 1. The smallest absolute Gasteiger partial charge is 0.0140 e. The summed E-state index contributed by atoms with van der Waals surface area (Å²) in [5.41, 5.74) is 2.79. The lowest BCUT2D eigenvalue weighted by Gasteiger charge is -1.97. The summed E-state index contributed by atoms with van der Waals surface area (Å²) in [7, 11) is 0. The van der Waals surface area contributed by atoms with Crippen LogP contribution in [0.2, 0.25) is 0 Å². The van der Waals surface area contributed by atoms with Crippen molar-refractivity contribution in [2.45, 2.75) is 40.5 Å². The van der Waals surface area contributed by atoms with Gasteiger partial charge in [0, 0.05) is 0 Å². The van der Waals surface area contributed by atoms with Crippen molar-refractivity contribution in [3.63, 3.8) is 0 Å². The van der Waals surface area contributed by atoms with Crippen LogP contribution in [-0.2, 0) is 0 Å². The molecule has 0 aliphatic carbocycles. The lowest BCUT2D eigenvalue weighted by atomic mass is 10.1. The maximum atomic E-state index is 2.23. The van der Waals surface area contributed by atoms with Crippen molar-refractivity contribution in [3.05, 3.63) is 34.3 Å². The van der Waals surface area contributed by atoms with E-state index in [2.05, 4.69) is 52.2 Å². The van der Waals surface area contributed by atoms with Gasteiger partial charge in [0.1, 0.15) is 0 Å². The molecule has 0 spiro atoms. The van der Waals surface area contributed by atoms with E-state index in [9.17, 15) is 0 Å². The first-order chi connectivity index (χ1) is 6.60. The van der Waals surface area contributed by atoms with Crippen LogP contribution in [-0.4, -0.2) is 6.26 Å². The molecule has 0 N–H and O–H groups in total. The van der Waals surface area contributed by atoms with Gasteiger partial charge >= 0.3 is 0 Å². The van der Waals surface area contributed by atoms with E-state index < -0.39 is 0 Å². The third kappa shape index (κ3) is 7.02. The van der Waals surface area contributed by atoms with Gasteiger partial charge in [-0.2, -0.15) is 0 Å². The monoisotopic (exact) mass is 210 g/mol. The highest BCUT2D eigenvalue weighted by Gasteiger charge is 1.87. The fraction of sp³-hybridized carbons (Fsp3) is 0.538. The second kappa shape index (κ2) is 7.93. The maximum Gasteiger partial charge on any atom is -0.0140 e. The molecule has 0 saturated carbocycles. The molecule has 0 rings (SSSR count). The SMILES string of the molecule is CCC\C(C)=C/C=C(C)/C=C(/C)SC. The molecular formula is C13H22S. The molecule has 0 aromatic heterocycles. The highest BCUT2D eigenvalue weighted by Crippen LogP contribution is 2.13. The fourth-order valence-corrected chi connectivity index (χ4v) is 1.48. The zero-order chi connectivity index (χ0) is 11.0. The molecule has 0 aliphatic rings. The first kappa shape index (κ1) is 13.6. The van der Waals surface area contributed by atoms with Gasteiger partial charge in [0.2, 0.25) is 0 Å². The average molecular weight is 210 g/mol. The molecule has 0 fully saturated rings. The van der Waals surface area contributed by atoms with Crippen molar-refractivity contribution in [1.29, 1.82) is 0 Å². The molecule has 0 nitrogen and oxygen atoms in total. The Balaban J connectivity index is 4.31. The quantitative estimate of drug-likeness (QED) is 0.579. The summed E-state index contributed by atoms with van der Waals surface area (Å²) in [4.78, 5) is 1.36. The van der Waals surface area contributed by atoms with Crippen LogP contribution in [0.25, 0.3) is 0 Å². The molecule has 14 heavy (non-hydrogen) atoms. The fourth-order valence-electron chi connectivity index (χ4n) is 1.18. The topological polar surface area (TPSA) is 0 Å². The van der Waals surface area contributed by atoms with E-state index in [1.165, 1.54) is 28.9 Å². The van der Waals surface area contributed by atoms with E-state index in [4.69, 9.17) is 0 Å². The van der Waals surface area contributed by atoms with E-state index in [0.29, 0.717) is 0 Å². The van der Waals surface area contributed by atoms with Crippen LogP contribution in [0.3, 0.4) is 0 Å². The number of hydrogen-bond donors (Lipinski definition) is 0. The number of rotatable bonds is 5. The van der Waals surface area contributed by atoms with Gasteiger partial charge in [-0.3, -0.25) is 0 Å². The summed E-state index contributed by atoms with van der Waals surface area (Å²) in [6.45, 7) is 8.70. The summed E-state index contributed by atoms with van der Waals surface area (Å²) < 4.78 is 0. The highest BCUT2D eigenvalue weighted by molar-refractivity contribution is 8.02. The summed E-state index contributed by atoms with van der Waals surface area (Å²) in [6.07, 6.45) is 11.2. The van der Waals surface area contributed by atoms with Gasteiger partial charge in [0.05, 0.1) is 0 Å². The minimum absolute atomic E-state index is 1.20. The van der Waals surface area contributed by atoms with Gasteiger partial charge in [-0.1, -0.05) is 42.7 Å². The average Bonchev–Trinajstić information content (AvgIpc) is 2.15. The number of allylic oxidation sites excluding steroid dienone is 6. The van der Waals surface area contributed by atoms with Crippen LogP contribution >= 0.6 is 11.8 Å². The molecule has 1 heteroatoms. The molecule has 0 aromatic carbocycles. The molecule has 0 heterocycles. The Morgan fingerprint density at radius 3 is 2.29 bits per heavy atom. The van der Waals surface area contributed by atoms with Crippen molar-refractivity contribution < 1.29 is 0 Å². The molecule has 0 aromatic rings. The van der Waals surface area contributed by atoms with Gasteiger partial charge in [-0.15, -0.1) is 11.8 Å². The van der Waals surface area contributed by atoms with Gasteiger partial charge in [0.15, 0.2) is 0 Å². The Kier molecular flexibility index (Phi) is 7.68. The van der Waals surface area contributed by atoms with E-state index in [1.807, 2.05) is 0 Å². The van der Waals surface area contributed by atoms with Gasteiger partial charge in [0.25, 0.3) is 0 Å². The molecule has 0 aliphatic heterocycles. The largest absolute Gasteiger partial charge is 0.134 e. The normalized spacial score (nSPS) is 14.8. The third-order valence-corrected chi connectivity index (χ3v) is 2.79. The Morgan fingerprint density at radius 2 is 1.79 bits per heavy atom. The van der Waals surface area contributed by atoms with E-state index in [1.54, 1.807) is 11.8 Å². The van der Waals surface area contributed by atoms with Crippen LogP contribution in [0.4, 0.5) is 0 Å². The van der Waals surface area contributed by atoms with Crippen molar-refractivity contribution in [1.82, 2.24) is 0 Å². The molecule has 0 radical (unpaired) electrons. The van der Waals surface area contributed by atoms with Crippen LogP contribution < -0.4 is 0 Å². The first-order valence-electron chi connectivity index (χ1n) is 5.16. The summed E-state index contributed by atoms with van der Waals surface area (Å²) in [6, 6.07) is 0. The Labute approximate surface area is 93.2 Å². The molecule has 0 bridgehead atoms. The van der Waals surface area contributed by atoms with Crippen LogP contribution in [0.5, 0.6) is 0 Å². The lowest BCUT2D eigenvalue weighted by Crippen LogP contribution is -1.75. The standard InChI is InChI=1S/C13H22S/c1-6-7-11(2)8-9-12(3)10-13(4)14-5/h8-10H,6-7H2,1-5H3/b11-8-,12-9+,13-10-. The molecular weight excluding hydrogens is 188 g/mol. The number of thioether (sulfide) groups is 1. The summed E-state index contributed by atoms with van der Waals surface area (Å²) in [5, 5.41) is 0. The zero-order valence-corrected chi connectivity index (χ0v) is 10.9. The molecule has 0 amide bonds. The Morgan fingerprint density at radius 1 is 1.14 bits per heavy atom. The Bertz CT molecular complexity index is 244. The second-order valence-corrected chi connectivity index (χ2v) is 4.69. The third-order valence-electron chi connectivity index (χ3n) is 2.03. The van der Waals surface area contributed by atoms with Crippen molar-refractivity contribution in [2.75, 3.05) is 6.26 Å². The lowest BCUT2D eigenvalue weighted by molar-refractivity contribution is 0.905. The predicted octanol–water partition coefficient (Wildman–Crippen LogP) is 4.95. The Hall–Kier alpha value is -0.430. The second-order valence-electron chi connectivity index (χ2n) is 3.63. The van der Waals surface area contributed by atoms with E-state index >= 15 is 0 Å². The van der Waals surface area contributed by atoms with Crippen LogP contribution in [0.1, 0.15) is 40.5 Å². The van der Waals surface area contributed by atoms with Gasteiger partial charge in [-0.05, 0) is 38.4 Å². The van der Waals surface area contributed by atoms with Crippen LogP contribution in [0.15, 0.2) is 34.3 Å². The highest BCUT2D eigenvalue weighted by atomic mass is 32.2. The summed E-state index contributed by atoms with van der Waals surface area (Å²) >= 11 is 1.80. The van der Waals surface area contributed by atoms with E-state index in [0.717, 1.165) is 0 Å². The van der Waals surface area contributed by atoms with Crippen molar-refractivity contribution in [3.8, 4) is 0 Å². The van der Waals surface area contributed by atoms with Crippen molar-refractivity contribution >= 4 is 11.8 Å². The van der Waals surface area contributed by atoms with Crippen LogP contribution in [0, 0.1) is 0 Å². The molecule has 80 valence electrons. The first-order valence-corrected chi connectivity index (χ1v) is 6.39. The van der Waals surface area contributed by atoms with Crippen molar-refractivity contribution in [2.24, 2.45) is 0 Å². The molecule has 0 atom stereocenters.